The topological polar surface area (TPSA) is 35.5 Å². The summed E-state index contributed by atoms with van der Waals surface area (Å²) < 4.78 is 9.64. The van der Waals surface area contributed by atoms with Crippen molar-refractivity contribution >= 4 is 6.16 Å². The highest BCUT2D eigenvalue weighted by atomic mass is 16.7. The molecule has 0 spiro atoms. The van der Waals surface area contributed by atoms with Crippen LogP contribution in [-0.2, 0) is 9.47 Å². The standard InChI is InChI=1S/C14H16O3/c1-16-14(15)17-13-9-5-8-12(10-13)11-6-3-2-4-7-11/h2-7,9,12-13H,8,10H2,1H3/t12-,13+/m1/s1. The Labute approximate surface area is 101 Å². The van der Waals surface area contributed by atoms with Gasteiger partial charge in [0.05, 0.1) is 7.11 Å². The van der Waals surface area contributed by atoms with Crippen molar-refractivity contribution in [3.63, 3.8) is 0 Å². The minimum Gasteiger partial charge on any atom is -0.438 e. The second kappa shape index (κ2) is 5.53. The van der Waals surface area contributed by atoms with E-state index in [0.29, 0.717) is 5.92 Å². The van der Waals surface area contributed by atoms with Crippen LogP contribution in [-0.4, -0.2) is 19.4 Å². The summed E-state index contributed by atoms with van der Waals surface area (Å²) in [4.78, 5) is 11.0. The molecule has 0 fully saturated rings. The third-order valence-electron chi connectivity index (χ3n) is 2.97. The van der Waals surface area contributed by atoms with Crippen LogP contribution in [0, 0.1) is 0 Å². The van der Waals surface area contributed by atoms with E-state index in [0.717, 1.165) is 12.8 Å². The first-order valence-electron chi connectivity index (χ1n) is 5.76. The number of ether oxygens (including phenoxy) is 2. The van der Waals surface area contributed by atoms with Gasteiger partial charge in [0.1, 0.15) is 6.10 Å². The Hall–Kier alpha value is -1.77. The van der Waals surface area contributed by atoms with Crippen molar-refractivity contribution in [3.05, 3.63) is 48.0 Å². The van der Waals surface area contributed by atoms with Gasteiger partial charge < -0.3 is 9.47 Å². The molecule has 0 aliphatic heterocycles. The lowest BCUT2D eigenvalue weighted by atomic mass is 9.86. The molecule has 0 bridgehead atoms. The second-order valence-corrected chi connectivity index (χ2v) is 4.12. The first kappa shape index (κ1) is 11.7. The number of carbonyl (C=O) groups is 1. The van der Waals surface area contributed by atoms with E-state index in [2.05, 4.69) is 22.9 Å². The zero-order valence-corrected chi connectivity index (χ0v) is 9.84. The molecule has 1 aromatic carbocycles. The molecule has 1 aromatic rings. The number of rotatable bonds is 2. The van der Waals surface area contributed by atoms with E-state index >= 15 is 0 Å². The van der Waals surface area contributed by atoms with E-state index in [9.17, 15) is 4.79 Å². The Morgan fingerprint density at radius 3 is 2.76 bits per heavy atom. The van der Waals surface area contributed by atoms with Gasteiger partial charge in [-0.1, -0.05) is 36.4 Å². The molecule has 17 heavy (non-hydrogen) atoms. The molecule has 90 valence electrons. The summed E-state index contributed by atoms with van der Waals surface area (Å²) in [5.41, 5.74) is 1.29. The average Bonchev–Trinajstić information content (AvgIpc) is 2.40. The van der Waals surface area contributed by atoms with Crippen LogP contribution in [0.4, 0.5) is 4.79 Å². The lowest BCUT2D eigenvalue weighted by Crippen LogP contribution is -2.21. The Bertz CT molecular complexity index is 397. The molecule has 0 saturated heterocycles. The van der Waals surface area contributed by atoms with Crippen LogP contribution < -0.4 is 0 Å². The van der Waals surface area contributed by atoms with Gasteiger partial charge in [-0.05, 0) is 30.4 Å². The Morgan fingerprint density at radius 1 is 1.29 bits per heavy atom. The highest BCUT2D eigenvalue weighted by molar-refractivity contribution is 5.60. The van der Waals surface area contributed by atoms with E-state index in [1.807, 2.05) is 24.3 Å². The van der Waals surface area contributed by atoms with Crippen LogP contribution in [0.1, 0.15) is 24.3 Å². The molecule has 0 radical (unpaired) electrons. The number of hydrogen-bond donors (Lipinski definition) is 0. The normalized spacial score (nSPS) is 23.1. The highest BCUT2D eigenvalue weighted by Gasteiger charge is 2.22. The van der Waals surface area contributed by atoms with Crippen LogP contribution >= 0.6 is 0 Å². The Morgan fingerprint density at radius 2 is 2.06 bits per heavy atom. The molecule has 2 rings (SSSR count). The molecule has 0 unspecified atom stereocenters. The first-order valence-corrected chi connectivity index (χ1v) is 5.76. The molecule has 0 N–H and O–H groups in total. The predicted molar refractivity (Wildman–Crippen MR) is 64.8 cm³/mol. The Kier molecular flexibility index (Phi) is 3.81. The van der Waals surface area contributed by atoms with Crippen LogP contribution in [0.15, 0.2) is 42.5 Å². The smallest absolute Gasteiger partial charge is 0.438 e. The largest absolute Gasteiger partial charge is 0.508 e. The molecule has 3 nitrogen and oxygen atoms in total. The number of hydrogen-bond acceptors (Lipinski definition) is 3. The van der Waals surface area contributed by atoms with Gasteiger partial charge in [-0.25, -0.2) is 4.79 Å². The van der Waals surface area contributed by atoms with Gasteiger partial charge in [0.2, 0.25) is 0 Å². The first-order chi connectivity index (χ1) is 8.29. The molecule has 1 aliphatic carbocycles. The van der Waals surface area contributed by atoms with Crippen molar-refractivity contribution in [2.24, 2.45) is 0 Å². The van der Waals surface area contributed by atoms with Crippen LogP contribution in [0.25, 0.3) is 0 Å². The minimum atomic E-state index is -0.617. The monoisotopic (exact) mass is 232 g/mol. The van der Waals surface area contributed by atoms with Crippen molar-refractivity contribution in [3.8, 4) is 0 Å². The van der Waals surface area contributed by atoms with Gasteiger partial charge in [-0.2, -0.15) is 0 Å². The van der Waals surface area contributed by atoms with E-state index in [1.54, 1.807) is 0 Å². The van der Waals surface area contributed by atoms with Crippen molar-refractivity contribution in [2.75, 3.05) is 7.11 Å². The summed E-state index contributed by atoms with van der Waals surface area (Å²) >= 11 is 0. The van der Waals surface area contributed by atoms with Crippen molar-refractivity contribution in [1.29, 1.82) is 0 Å². The Balaban J connectivity index is 2.00. The summed E-state index contributed by atoms with van der Waals surface area (Å²) in [5.74, 6) is 0.413. The third kappa shape index (κ3) is 3.09. The van der Waals surface area contributed by atoms with Gasteiger partial charge in [-0.3, -0.25) is 0 Å². The van der Waals surface area contributed by atoms with E-state index < -0.39 is 6.16 Å². The molecular weight excluding hydrogens is 216 g/mol. The summed E-state index contributed by atoms with van der Waals surface area (Å²) in [6, 6.07) is 10.3. The maximum Gasteiger partial charge on any atom is 0.508 e. The fourth-order valence-electron chi connectivity index (χ4n) is 2.11. The SMILES string of the molecule is COC(=O)O[C@H]1C=CC[C@@H](c2ccccc2)C1. The van der Waals surface area contributed by atoms with E-state index in [-0.39, 0.29) is 6.10 Å². The summed E-state index contributed by atoms with van der Waals surface area (Å²) in [5, 5.41) is 0. The maximum absolute atomic E-state index is 11.0. The minimum absolute atomic E-state index is 0.179. The average molecular weight is 232 g/mol. The predicted octanol–water partition coefficient (Wildman–Crippen LogP) is 3.27. The summed E-state index contributed by atoms with van der Waals surface area (Å²) in [6.07, 6.45) is 5.00. The molecular formula is C14H16O3. The van der Waals surface area contributed by atoms with Crippen LogP contribution in [0.5, 0.6) is 0 Å². The van der Waals surface area contributed by atoms with E-state index in [1.165, 1.54) is 12.7 Å². The van der Waals surface area contributed by atoms with Gasteiger partial charge in [-0.15, -0.1) is 0 Å². The van der Waals surface area contributed by atoms with Gasteiger partial charge >= 0.3 is 6.16 Å². The van der Waals surface area contributed by atoms with Gasteiger partial charge in [0, 0.05) is 0 Å². The molecule has 1 aliphatic rings. The lowest BCUT2D eigenvalue weighted by Gasteiger charge is -2.24. The van der Waals surface area contributed by atoms with Crippen molar-refractivity contribution in [1.82, 2.24) is 0 Å². The summed E-state index contributed by atoms with van der Waals surface area (Å²) in [6.45, 7) is 0. The highest BCUT2D eigenvalue weighted by Crippen LogP contribution is 2.30. The van der Waals surface area contributed by atoms with Crippen molar-refractivity contribution < 1.29 is 14.3 Å². The number of carbonyl (C=O) groups excluding carboxylic acids is 1. The zero-order valence-electron chi connectivity index (χ0n) is 9.84. The van der Waals surface area contributed by atoms with Gasteiger partial charge in [0.25, 0.3) is 0 Å². The molecule has 0 saturated carbocycles. The molecule has 0 aromatic heterocycles. The molecule has 2 atom stereocenters. The quantitative estimate of drug-likeness (QED) is 0.580. The molecule has 0 heterocycles. The second-order valence-electron chi connectivity index (χ2n) is 4.12. The van der Waals surface area contributed by atoms with E-state index in [4.69, 9.17) is 4.74 Å². The fourth-order valence-corrected chi connectivity index (χ4v) is 2.11. The lowest BCUT2D eigenvalue weighted by molar-refractivity contribution is 0.0462. The maximum atomic E-state index is 11.0. The number of benzene rings is 1. The zero-order chi connectivity index (χ0) is 12.1. The molecule has 3 heteroatoms. The number of methoxy groups -OCH3 is 1. The van der Waals surface area contributed by atoms with Gasteiger partial charge in [0.15, 0.2) is 0 Å². The number of allylic oxidation sites excluding steroid dienone is 1. The van der Waals surface area contributed by atoms with Crippen LogP contribution in [0.2, 0.25) is 0 Å². The molecule has 0 amide bonds. The van der Waals surface area contributed by atoms with Crippen LogP contribution in [0.3, 0.4) is 0 Å². The van der Waals surface area contributed by atoms with Crippen molar-refractivity contribution in [2.45, 2.75) is 24.9 Å². The fraction of sp³-hybridized carbons (Fsp3) is 0.357. The summed E-state index contributed by atoms with van der Waals surface area (Å²) in [7, 11) is 1.32. The third-order valence-corrected chi connectivity index (χ3v) is 2.97.